The summed E-state index contributed by atoms with van der Waals surface area (Å²) >= 11 is 3.21. The largest absolute Gasteiger partial charge is 0.396 e. The van der Waals surface area contributed by atoms with E-state index in [1.54, 1.807) is 12.1 Å². The van der Waals surface area contributed by atoms with Crippen molar-refractivity contribution in [3.63, 3.8) is 0 Å². The highest BCUT2D eigenvalue weighted by Crippen LogP contribution is 2.23. The topological polar surface area (TPSA) is 75.4 Å². The minimum Gasteiger partial charge on any atom is -0.396 e. The Bertz CT molecular complexity index is 385. The van der Waals surface area contributed by atoms with E-state index in [4.69, 9.17) is 5.11 Å². The molecule has 0 heterocycles. The summed E-state index contributed by atoms with van der Waals surface area (Å²) in [5, 5.41) is 22.6. The van der Waals surface area contributed by atoms with Crippen molar-refractivity contribution in [3.05, 3.63) is 38.3 Å². The van der Waals surface area contributed by atoms with E-state index in [2.05, 4.69) is 21.2 Å². The number of nitrogens with zero attached hydrogens (tertiary/aromatic N) is 1. The fourth-order valence-electron chi connectivity index (χ4n) is 1.44. The Morgan fingerprint density at radius 2 is 2.18 bits per heavy atom. The Morgan fingerprint density at radius 3 is 2.82 bits per heavy atom. The second-order valence-electron chi connectivity index (χ2n) is 3.64. The summed E-state index contributed by atoms with van der Waals surface area (Å²) < 4.78 is 0.702. The lowest BCUT2D eigenvalue weighted by molar-refractivity contribution is -0.385. The van der Waals surface area contributed by atoms with E-state index < -0.39 is 0 Å². The lowest BCUT2D eigenvalue weighted by Gasteiger charge is -2.05. The zero-order valence-electron chi connectivity index (χ0n) is 9.36. The first-order chi connectivity index (χ1) is 8.15. The first-order valence-electron chi connectivity index (χ1n) is 5.39. The van der Waals surface area contributed by atoms with Crippen LogP contribution < -0.4 is 5.32 Å². The van der Waals surface area contributed by atoms with Crippen molar-refractivity contribution in [1.82, 2.24) is 5.32 Å². The van der Waals surface area contributed by atoms with Gasteiger partial charge in [-0.3, -0.25) is 10.1 Å². The van der Waals surface area contributed by atoms with Crippen molar-refractivity contribution in [2.24, 2.45) is 0 Å². The Hall–Kier alpha value is -0.980. The van der Waals surface area contributed by atoms with Gasteiger partial charge in [-0.05, 0) is 31.5 Å². The molecule has 2 N–H and O–H groups in total. The maximum atomic E-state index is 10.8. The third-order valence-electron chi connectivity index (χ3n) is 2.32. The molecule has 0 unspecified atom stereocenters. The highest BCUT2D eigenvalue weighted by atomic mass is 79.9. The van der Waals surface area contributed by atoms with Crippen molar-refractivity contribution in [2.75, 3.05) is 13.2 Å². The summed E-state index contributed by atoms with van der Waals surface area (Å²) in [6.07, 6.45) is 1.61. The van der Waals surface area contributed by atoms with E-state index in [9.17, 15) is 10.1 Å². The molecule has 5 nitrogen and oxygen atoms in total. The van der Waals surface area contributed by atoms with Crippen LogP contribution in [0, 0.1) is 10.1 Å². The van der Waals surface area contributed by atoms with E-state index in [1.165, 1.54) is 6.07 Å². The van der Waals surface area contributed by atoms with Gasteiger partial charge in [0.25, 0.3) is 5.69 Å². The molecule has 0 fully saturated rings. The summed E-state index contributed by atoms with van der Waals surface area (Å²) in [4.78, 5) is 10.5. The summed E-state index contributed by atoms with van der Waals surface area (Å²) in [7, 11) is 0. The van der Waals surface area contributed by atoms with Crippen LogP contribution in [-0.4, -0.2) is 23.2 Å². The van der Waals surface area contributed by atoms with Crippen molar-refractivity contribution in [2.45, 2.75) is 19.4 Å². The highest BCUT2D eigenvalue weighted by molar-refractivity contribution is 9.10. The summed E-state index contributed by atoms with van der Waals surface area (Å²) in [5.74, 6) is 0. The number of aliphatic hydroxyl groups excluding tert-OH is 1. The van der Waals surface area contributed by atoms with Crippen LogP contribution in [0.1, 0.15) is 18.4 Å². The molecule has 0 saturated heterocycles. The van der Waals surface area contributed by atoms with E-state index in [1.807, 2.05) is 0 Å². The van der Waals surface area contributed by atoms with Crippen molar-refractivity contribution >= 4 is 21.6 Å². The Labute approximate surface area is 108 Å². The third-order valence-corrected chi connectivity index (χ3v) is 2.81. The number of unbranched alkanes of at least 4 members (excludes halogenated alkanes) is 1. The van der Waals surface area contributed by atoms with Crippen LogP contribution in [0.2, 0.25) is 0 Å². The molecule has 0 spiro atoms. The predicted molar refractivity (Wildman–Crippen MR) is 68.8 cm³/mol. The first-order valence-corrected chi connectivity index (χ1v) is 6.19. The number of nitro groups is 1. The average Bonchev–Trinajstić information content (AvgIpc) is 2.30. The maximum absolute atomic E-state index is 10.8. The SMILES string of the molecule is O=[N+]([O-])c1cc(Br)ccc1CNCCCCO. The van der Waals surface area contributed by atoms with Gasteiger partial charge in [-0.1, -0.05) is 15.9 Å². The number of hydrogen-bond donors (Lipinski definition) is 2. The van der Waals surface area contributed by atoms with Crippen LogP contribution in [0.3, 0.4) is 0 Å². The minimum atomic E-state index is -0.379. The van der Waals surface area contributed by atoms with Gasteiger partial charge in [0.2, 0.25) is 0 Å². The molecule has 1 aromatic carbocycles. The summed E-state index contributed by atoms with van der Waals surface area (Å²) in [5.41, 5.74) is 0.788. The maximum Gasteiger partial charge on any atom is 0.275 e. The standard InChI is InChI=1S/C11H15BrN2O3/c12-10-4-3-9(11(7-10)14(16)17)8-13-5-1-2-6-15/h3-4,7,13,15H,1-2,5-6,8H2. The third kappa shape index (κ3) is 4.80. The number of aliphatic hydroxyl groups is 1. The fourth-order valence-corrected chi connectivity index (χ4v) is 1.79. The highest BCUT2D eigenvalue weighted by Gasteiger charge is 2.13. The van der Waals surface area contributed by atoms with Gasteiger partial charge < -0.3 is 10.4 Å². The molecular weight excluding hydrogens is 288 g/mol. The van der Waals surface area contributed by atoms with Gasteiger partial charge in [0, 0.05) is 29.3 Å². The van der Waals surface area contributed by atoms with Crippen molar-refractivity contribution in [1.29, 1.82) is 0 Å². The Balaban J connectivity index is 2.55. The molecule has 17 heavy (non-hydrogen) atoms. The van der Waals surface area contributed by atoms with Gasteiger partial charge in [0.05, 0.1) is 4.92 Å². The van der Waals surface area contributed by atoms with Crippen LogP contribution in [0.4, 0.5) is 5.69 Å². The normalized spacial score (nSPS) is 10.5. The number of nitro benzene ring substituents is 1. The summed E-state index contributed by atoms with van der Waals surface area (Å²) in [6, 6.07) is 5.03. The lowest BCUT2D eigenvalue weighted by atomic mass is 10.2. The fraction of sp³-hybridized carbons (Fsp3) is 0.455. The van der Waals surface area contributed by atoms with Gasteiger partial charge in [0.15, 0.2) is 0 Å². The van der Waals surface area contributed by atoms with Crippen LogP contribution in [0.5, 0.6) is 0 Å². The Kier molecular flexibility index (Phi) is 6.10. The molecule has 1 aromatic rings. The van der Waals surface area contributed by atoms with E-state index >= 15 is 0 Å². The molecule has 0 radical (unpaired) electrons. The van der Waals surface area contributed by atoms with Gasteiger partial charge in [-0.25, -0.2) is 0 Å². The number of hydrogen-bond acceptors (Lipinski definition) is 4. The average molecular weight is 303 g/mol. The van der Waals surface area contributed by atoms with Crippen LogP contribution in [-0.2, 0) is 6.54 Å². The molecule has 0 aromatic heterocycles. The number of halogens is 1. The van der Waals surface area contributed by atoms with Crippen LogP contribution in [0.15, 0.2) is 22.7 Å². The predicted octanol–water partition coefficient (Wildman–Crippen LogP) is 2.22. The molecule has 0 amide bonds. The monoisotopic (exact) mass is 302 g/mol. The van der Waals surface area contributed by atoms with Crippen molar-refractivity contribution in [3.8, 4) is 0 Å². The molecule has 0 aliphatic carbocycles. The Morgan fingerprint density at radius 1 is 1.41 bits per heavy atom. The first kappa shape index (κ1) is 14.1. The van der Waals surface area contributed by atoms with Crippen LogP contribution in [0.25, 0.3) is 0 Å². The number of rotatable bonds is 7. The zero-order chi connectivity index (χ0) is 12.7. The quantitative estimate of drug-likeness (QED) is 0.460. The van der Waals surface area contributed by atoms with Gasteiger partial charge in [0.1, 0.15) is 0 Å². The molecule has 0 bridgehead atoms. The molecular formula is C11H15BrN2O3. The number of nitrogens with one attached hydrogen (secondary N) is 1. The molecule has 0 aliphatic rings. The summed E-state index contributed by atoms with van der Waals surface area (Å²) in [6.45, 7) is 1.39. The molecule has 94 valence electrons. The lowest BCUT2D eigenvalue weighted by Crippen LogP contribution is -2.16. The van der Waals surface area contributed by atoms with E-state index in [0.29, 0.717) is 16.6 Å². The molecule has 0 saturated carbocycles. The zero-order valence-corrected chi connectivity index (χ0v) is 10.9. The second-order valence-corrected chi connectivity index (χ2v) is 4.55. The smallest absolute Gasteiger partial charge is 0.275 e. The van der Waals surface area contributed by atoms with Gasteiger partial charge >= 0.3 is 0 Å². The minimum absolute atomic E-state index is 0.119. The van der Waals surface area contributed by atoms with Crippen LogP contribution >= 0.6 is 15.9 Å². The molecule has 0 aliphatic heterocycles. The second kappa shape index (κ2) is 7.37. The molecule has 6 heteroatoms. The van der Waals surface area contributed by atoms with Gasteiger partial charge in [-0.15, -0.1) is 0 Å². The van der Waals surface area contributed by atoms with E-state index in [-0.39, 0.29) is 17.2 Å². The van der Waals surface area contributed by atoms with E-state index in [0.717, 1.165) is 19.4 Å². The van der Waals surface area contributed by atoms with Gasteiger partial charge in [-0.2, -0.15) is 0 Å². The number of benzene rings is 1. The molecule has 0 atom stereocenters. The van der Waals surface area contributed by atoms with Crippen molar-refractivity contribution < 1.29 is 10.0 Å². The molecule has 1 rings (SSSR count).